The van der Waals surface area contributed by atoms with E-state index in [9.17, 15) is 0 Å². The lowest BCUT2D eigenvalue weighted by Gasteiger charge is -2.68. The molecule has 114 valence electrons. The van der Waals surface area contributed by atoms with Crippen LogP contribution in [0.25, 0.3) is 0 Å². The fraction of sp³-hybridized carbons (Fsp3) is 1.00. The molecule has 0 radical (unpaired) electrons. The molecule has 0 spiro atoms. The van der Waals surface area contributed by atoms with Crippen molar-refractivity contribution in [2.24, 2.45) is 11.8 Å². The van der Waals surface area contributed by atoms with Gasteiger partial charge in [0, 0.05) is 23.2 Å². The molecule has 4 bridgehead atoms. The zero-order valence-electron chi connectivity index (χ0n) is 13.9. The first-order valence-corrected chi connectivity index (χ1v) is 9.01. The van der Waals surface area contributed by atoms with Crippen molar-refractivity contribution in [3.63, 3.8) is 0 Å². The fourth-order valence-corrected chi connectivity index (χ4v) is 6.28. The molecule has 0 N–H and O–H groups in total. The first kappa shape index (κ1) is 13.6. The molecule has 6 rings (SSSR count). The normalized spacial score (nSPS) is 46.8. The van der Waals surface area contributed by atoms with Gasteiger partial charge in [0.25, 0.3) is 0 Å². The SMILES string of the molecule is CC1(C)C2CCC(CC2)N1N1C2CCC(CC2)C1(C)C. The Kier molecular flexibility index (Phi) is 2.87. The Bertz CT molecular complexity index is 346. The van der Waals surface area contributed by atoms with Gasteiger partial charge in [0.1, 0.15) is 0 Å². The van der Waals surface area contributed by atoms with Crippen LogP contribution in [0.1, 0.15) is 79.1 Å². The average molecular weight is 276 g/mol. The molecule has 2 aliphatic carbocycles. The summed E-state index contributed by atoms with van der Waals surface area (Å²) in [6.45, 7) is 10.1. The van der Waals surface area contributed by atoms with Crippen LogP contribution in [-0.4, -0.2) is 33.2 Å². The summed E-state index contributed by atoms with van der Waals surface area (Å²) in [5, 5.41) is 5.81. The summed E-state index contributed by atoms with van der Waals surface area (Å²) >= 11 is 0. The zero-order valence-corrected chi connectivity index (χ0v) is 13.9. The smallest absolute Gasteiger partial charge is 0.0331 e. The highest BCUT2D eigenvalue weighted by atomic mass is 15.7. The minimum absolute atomic E-state index is 0.385. The van der Waals surface area contributed by atoms with Crippen molar-refractivity contribution >= 4 is 0 Å². The molecule has 4 aliphatic heterocycles. The summed E-state index contributed by atoms with van der Waals surface area (Å²) in [7, 11) is 0. The van der Waals surface area contributed by atoms with Gasteiger partial charge in [-0.05, 0) is 90.9 Å². The summed E-state index contributed by atoms with van der Waals surface area (Å²) in [6.07, 6.45) is 11.6. The van der Waals surface area contributed by atoms with Crippen molar-refractivity contribution in [1.29, 1.82) is 0 Å². The minimum Gasteiger partial charge on any atom is -0.232 e. The molecule has 2 nitrogen and oxygen atoms in total. The maximum absolute atomic E-state index is 2.90. The van der Waals surface area contributed by atoms with E-state index in [2.05, 4.69) is 37.7 Å². The largest absolute Gasteiger partial charge is 0.232 e. The van der Waals surface area contributed by atoms with Crippen molar-refractivity contribution in [2.75, 3.05) is 0 Å². The Labute approximate surface area is 124 Å². The Morgan fingerprint density at radius 3 is 1.10 bits per heavy atom. The molecule has 0 aromatic carbocycles. The van der Waals surface area contributed by atoms with E-state index in [1.165, 1.54) is 51.4 Å². The molecule has 6 aliphatic rings. The highest BCUT2D eigenvalue weighted by Crippen LogP contribution is 2.53. The number of hydrogen-bond donors (Lipinski definition) is 0. The number of hydrazine groups is 1. The Morgan fingerprint density at radius 2 is 0.850 bits per heavy atom. The lowest BCUT2D eigenvalue weighted by Crippen LogP contribution is -2.76. The van der Waals surface area contributed by atoms with Gasteiger partial charge < -0.3 is 0 Å². The maximum Gasteiger partial charge on any atom is 0.0331 e. The quantitative estimate of drug-likeness (QED) is 0.708. The van der Waals surface area contributed by atoms with Gasteiger partial charge in [0.2, 0.25) is 0 Å². The van der Waals surface area contributed by atoms with Crippen molar-refractivity contribution < 1.29 is 0 Å². The third-order valence-electron chi connectivity index (χ3n) is 7.50. The van der Waals surface area contributed by atoms with Crippen LogP contribution in [0, 0.1) is 11.8 Å². The average Bonchev–Trinajstić information content (AvgIpc) is 2.42. The second kappa shape index (κ2) is 4.23. The topological polar surface area (TPSA) is 6.48 Å². The lowest BCUT2D eigenvalue weighted by atomic mass is 9.66. The monoisotopic (exact) mass is 276 g/mol. The maximum atomic E-state index is 2.90. The van der Waals surface area contributed by atoms with E-state index in [1.54, 1.807) is 0 Å². The van der Waals surface area contributed by atoms with Gasteiger partial charge in [-0.3, -0.25) is 0 Å². The summed E-state index contributed by atoms with van der Waals surface area (Å²) < 4.78 is 0. The highest BCUT2D eigenvalue weighted by Gasteiger charge is 2.57. The highest BCUT2D eigenvalue weighted by molar-refractivity contribution is 5.07. The Morgan fingerprint density at radius 1 is 0.550 bits per heavy atom. The van der Waals surface area contributed by atoms with Crippen molar-refractivity contribution in [1.82, 2.24) is 10.0 Å². The van der Waals surface area contributed by atoms with Gasteiger partial charge in [-0.15, -0.1) is 0 Å². The van der Waals surface area contributed by atoms with E-state index in [-0.39, 0.29) is 0 Å². The second-order valence-corrected chi connectivity index (χ2v) is 9.01. The van der Waals surface area contributed by atoms with Crippen LogP contribution in [0.15, 0.2) is 0 Å². The lowest BCUT2D eigenvalue weighted by molar-refractivity contribution is -0.281. The first-order chi connectivity index (χ1) is 9.42. The van der Waals surface area contributed by atoms with Crippen LogP contribution in [-0.2, 0) is 0 Å². The number of fused-ring (bicyclic) bond motifs is 7. The summed E-state index contributed by atoms with van der Waals surface area (Å²) in [4.78, 5) is 0. The Hall–Kier alpha value is -0.0800. The van der Waals surface area contributed by atoms with Gasteiger partial charge in [-0.1, -0.05) is 0 Å². The van der Waals surface area contributed by atoms with Crippen LogP contribution in [0.3, 0.4) is 0 Å². The molecule has 0 amide bonds. The molecule has 0 atom stereocenters. The molecular weight excluding hydrogens is 244 g/mol. The third kappa shape index (κ3) is 1.64. The van der Waals surface area contributed by atoms with Crippen LogP contribution in [0.4, 0.5) is 0 Å². The number of nitrogens with zero attached hydrogens (tertiary/aromatic N) is 2. The summed E-state index contributed by atoms with van der Waals surface area (Å²) in [5.74, 6) is 1.84. The molecule has 2 saturated carbocycles. The second-order valence-electron chi connectivity index (χ2n) is 9.01. The molecular formula is C18H32N2. The van der Waals surface area contributed by atoms with Gasteiger partial charge in [0.05, 0.1) is 0 Å². The van der Waals surface area contributed by atoms with Crippen LogP contribution >= 0.6 is 0 Å². The minimum atomic E-state index is 0.385. The van der Waals surface area contributed by atoms with Crippen molar-refractivity contribution in [2.45, 2.75) is 102 Å². The predicted molar refractivity (Wildman–Crippen MR) is 83.3 cm³/mol. The molecule has 0 aromatic heterocycles. The van der Waals surface area contributed by atoms with Crippen molar-refractivity contribution in [3.8, 4) is 0 Å². The first-order valence-electron chi connectivity index (χ1n) is 9.01. The van der Waals surface area contributed by atoms with Crippen LogP contribution in [0.2, 0.25) is 0 Å². The molecule has 20 heavy (non-hydrogen) atoms. The molecule has 6 fully saturated rings. The van der Waals surface area contributed by atoms with Gasteiger partial charge in [-0.25, -0.2) is 10.0 Å². The number of piperidine rings is 4. The molecule has 4 heterocycles. The van der Waals surface area contributed by atoms with Crippen molar-refractivity contribution in [3.05, 3.63) is 0 Å². The van der Waals surface area contributed by atoms with Gasteiger partial charge >= 0.3 is 0 Å². The van der Waals surface area contributed by atoms with E-state index in [0.29, 0.717) is 11.1 Å². The molecule has 2 heteroatoms. The molecule has 0 aromatic rings. The van der Waals surface area contributed by atoms with E-state index in [4.69, 9.17) is 0 Å². The predicted octanol–water partition coefficient (Wildman–Crippen LogP) is 4.21. The molecule has 4 saturated heterocycles. The number of hydrogen-bond acceptors (Lipinski definition) is 2. The standard InChI is InChI=1S/C18H32N2/c1-17(2)13-5-9-15(10-6-13)19(17)20-16-11-7-14(8-12-16)18(20,3)4/h13-16H,5-12H2,1-4H3. The van der Waals surface area contributed by atoms with E-state index >= 15 is 0 Å². The fourth-order valence-electron chi connectivity index (χ4n) is 6.28. The Balaban J connectivity index is 1.72. The zero-order chi connectivity index (χ0) is 14.1. The van der Waals surface area contributed by atoms with E-state index < -0.39 is 0 Å². The summed E-state index contributed by atoms with van der Waals surface area (Å²) in [6, 6.07) is 1.65. The van der Waals surface area contributed by atoms with E-state index in [1.807, 2.05) is 0 Å². The number of rotatable bonds is 1. The van der Waals surface area contributed by atoms with Gasteiger partial charge in [-0.2, -0.15) is 0 Å². The summed E-state index contributed by atoms with van der Waals surface area (Å²) in [5.41, 5.74) is 0.770. The van der Waals surface area contributed by atoms with Crippen LogP contribution < -0.4 is 0 Å². The third-order valence-corrected chi connectivity index (χ3v) is 7.50. The van der Waals surface area contributed by atoms with E-state index in [0.717, 1.165) is 23.9 Å². The molecule has 0 unspecified atom stereocenters. The van der Waals surface area contributed by atoms with Crippen LogP contribution in [0.5, 0.6) is 0 Å². The van der Waals surface area contributed by atoms with Gasteiger partial charge in [0.15, 0.2) is 0 Å².